The fourth-order valence-electron chi connectivity index (χ4n) is 2.33. The van der Waals surface area contributed by atoms with E-state index in [0.29, 0.717) is 26.7 Å². The highest BCUT2D eigenvalue weighted by Gasteiger charge is 2.16. The maximum atomic E-state index is 6.18. The molecule has 25 heavy (non-hydrogen) atoms. The summed E-state index contributed by atoms with van der Waals surface area (Å²) in [5.41, 5.74) is 3.26. The van der Waals surface area contributed by atoms with Crippen molar-refractivity contribution >= 4 is 35.0 Å². The molecule has 6 heteroatoms. The van der Waals surface area contributed by atoms with Crippen LogP contribution in [-0.2, 0) is 11.2 Å². The van der Waals surface area contributed by atoms with Crippen molar-refractivity contribution in [3.63, 3.8) is 0 Å². The van der Waals surface area contributed by atoms with E-state index in [0.717, 1.165) is 5.75 Å². The number of hydrogen-bond donors (Lipinski definition) is 0. The maximum absolute atomic E-state index is 6.18. The highest BCUT2D eigenvalue weighted by atomic mass is 35.5. The number of hydrogen-bond acceptors (Lipinski definition) is 4. The highest BCUT2D eigenvalue weighted by Crippen LogP contribution is 2.34. The van der Waals surface area contributed by atoms with Gasteiger partial charge in [0, 0.05) is 5.75 Å². The van der Waals surface area contributed by atoms with Crippen LogP contribution >= 0.6 is 35.0 Å². The molecule has 0 fully saturated rings. The van der Waals surface area contributed by atoms with Gasteiger partial charge in [-0.25, -0.2) is 0 Å². The van der Waals surface area contributed by atoms with E-state index in [1.807, 2.05) is 0 Å². The lowest BCUT2D eigenvalue weighted by atomic mass is 9.87. The van der Waals surface area contributed by atoms with Gasteiger partial charge in [0.05, 0.1) is 15.6 Å². The molecule has 3 aromatic rings. The Morgan fingerprint density at radius 1 is 1.00 bits per heavy atom. The molecule has 130 valence electrons. The smallest absolute Gasteiger partial charge is 0.286 e. The molecule has 1 aromatic heterocycles. The van der Waals surface area contributed by atoms with E-state index in [-0.39, 0.29) is 5.41 Å². The molecule has 0 aliphatic carbocycles. The van der Waals surface area contributed by atoms with Crippen molar-refractivity contribution in [3.8, 4) is 11.4 Å². The molecular weight excluding hydrogens is 375 g/mol. The number of nitrogens with zero attached hydrogens (tertiary/aromatic N) is 2. The van der Waals surface area contributed by atoms with Gasteiger partial charge in [0.25, 0.3) is 5.22 Å². The minimum absolute atomic E-state index is 0.154. The van der Waals surface area contributed by atoms with Crippen molar-refractivity contribution in [1.29, 1.82) is 0 Å². The molecule has 0 bridgehead atoms. The van der Waals surface area contributed by atoms with E-state index < -0.39 is 0 Å². The predicted molar refractivity (Wildman–Crippen MR) is 104 cm³/mol. The van der Waals surface area contributed by atoms with Crippen LogP contribution in [-0.4, -0.2) is 10.1 Å². The zero-order valence-electron chi connectivity index (χ0n) is 14.2. The lowest BCUT2D eigenvalue weighted by Crippen LogP contribution is -2.10. The summed E-state index contributed by atoms with van der Waals surface area (Å²) in [4.78, 5) is 4.39. The van der Waals surface area contributed by atoms with E-state index in [2.05, 4.69) is 55.2 Å². The Labute approximate surface area is 161 Å². The van der Waals surface area contributed by atoms with Crippen molar-refractivity contribution < 1.29 is 4.52 Å². The molecule has 0 saturated heterocycles. The van der Waals surface area contributed by atoms with Crippen LogP contribution in [0.2, 0.25) is 10.0 Å². The number of halogens is 2. The molecule has 0 saturated carbocycles. The van der Waals surface area contributed by atoms with Crippen LogP contribution in [0.4, 0.5) is 0 Å². The van der Waals surface area contributed by atoms with Gasteiger partial charge in [0.15, 0.2) is 0 Å². The Morgan fingerprint density at radius 3 is 2.24 bits per heavy atom. The van der Waals surface area contributed by atoms with Crippen LogP contribution in [0.1, 0.15) is 31.9 Å². The summed E-state index contributed by atoms with van der Waals surface area (Å²) in [7, 11) is 0. The van der Waals surface area contributed by atoms with Crippen molar-refractivity contribution in [2.24, 2.45) is 0 Å². The first-order valence-electron chi connectivity index (χ1n) is 7.85. The van der Waals surface area contributed by atoms with Gasteiger partial charge in [-0.15, -0.1) is 0 Å². The average molecular weight is 393 g/mol. The molecule has 0 radical (unpaired) electrons. The fourth-order valence-corrected chi connectivity index (χ4v) is 3.62. The van der Waals surface area contributed by atoms with Crippen LogP contribution in [0.25, 0.3) is 11.4 Å². The van der Waals surface area contributed by atoms with E-state index in [1.165, 1.54) is 22.9 Å². The van der Waals surface area contributed by atoms with Crippen molar-refractivity contribution in [2.45, 2.75) is 37.2 Å². The molecule has 0 aliphatic heterocycles. The Bertz CT molecular complexity index is 850. The second kappa shape index (κ2) is 7.40. The van der Waals surface area contributed by atoms with Crippen LogP contribution in [0, 0.1) is 0 Å². The highest BCUT2D eigenvalue weighted by molar-refractivity contribution is 7.98. The topological polar surface area (TPSA) is 38.9 Å². The van der Waals surface area contributed by atoms with Gasteiger partial charge in [0.2, 0.25) is 5.82 Å². The molecule has 0 unspecified atom stereocenters. The van der Waals surface area contributed by atoms with Crippen LogP contribution in [0.3, 0.4) is 0 Å². The standard InChI is InChI=1S/C19H18Cl2N2OS/c1-19(2,3)13-9-7-12(8-10-13)11-25-18-22-17(23-24-18)16-14(20)5-4-6-15(16)21/h4-10H,11H2,1-3H3. The first-order valence-corrected chi connectivity index (χ1v) is 9.59. The number of thioether (sulfide) groups is 1. The molecule has 2 aromatic carbocycles. The third kappa shape index (κ3) is 4.38. The second-order valence-corrected chi connectivity index (χ2v) is 8.46. The largest absolute Gasteiger partial charge is 0.327 e. The van der Waals surface area contributed by atoms with Gasteiger partial charge in [-0.05, 0) is 28.7 Å². The number of aromatic nitrogens is 2. The molecule has 1 heterocycles. The molecule has 0 N–H and O–H groups in total. The first kappa shape index (κ1) is 18.3. The number of rotatable bonds is 4. The lowest BCUT2D eigenvalue weighted by Gasteiger charge is -2.19. The summed E-state index contributed by atoms with van der Waals surface area (Å²) in [5.74, 6) is 1.16. The Kier molecular flexibility index (Phi) is 5.42. The van der Waals surface area contributed by atoms with Gasteiger partial charge < -0.3 is 4.52 Å². The molecular formula is C19H18Cl2N2OS. The van der Waals surface area contributed by atoms with Crippen LogP contribution < -0.4 is 0 Å². The quantitative estimate of drug-likeness (QED) is 0.466. The average Bonchev–Trinajstić information content (AvgIpc) is 3.01. The zero-order valence-corrected chi connectivity index (χ0v) is 16.5. The summed E-state index contributed by atoms with van der Waals surface area (Å²) in [6, 6.07) is 13.9. The molecule has 0 spiro atoms. The van der Waals surface area contributed by atoms with Gasteiger partial charge in [-0.3, -0.25) is 0 Å². The van der Waals surface area contributed by atoms with Crippen molar-refractivity contribution in [1.82, 2.24) is 10.1 Å². The van der Waals surface area contributed by atoms with Gasteiger partial charge in [-0.1, -0.05) is 91.2 Å². The normalized spacial score (nSPS) is 11.7. The summed E-state index contributed by atoms with van der Waals surface area (Å²) >= 11 is 13.9. The monoisotopic (exact) mass is 392 g/mol. The van der Waals surface area contributed by atoms with E-state index >= 15 is 0 Å². The minimum atomic E-state index is 0.154. The summed E-state index contributed by atoms with van der Waals surface area (Å²) in [6.45, 7) is 6.61. The van der Waals surface area contributed by atoms with E-state index in [9.17, 15) is 0 Å². The van der Waals surface area contributed by atoms with Crippen LogP contribution in [0.15, 0.2) is 52.2 Å². The summed E-state index contributed by atoms with van der Waals surface area (Å²) < 4.78 is 5.31. The third-order valence-corrected chi connectivity index (χ3v) is 5.30. The zero-order chi connectivity index (χ0) is 18.0. The van der Waals surface area contributed by atoms with Crippen molar-refractivity contribution in [2.75, 3.05) is 0 Å². The molecule has 0 aliphatic rings. The molecule has 3 rings (SSSR count). The second-order valence-electron chi connectivity index (χ2n) is 6.72. The Morgan fingerprint density at radius 2 is 1.64 bits per heavy atom. The van der Waals surface area contributed by atoms with E-state index in [4.69, 9.17) is 27.7 Å². The summed E-state index contributed by atoms with van der Waals surface area (Å²) in [6.07, 6.45) is 0. The molecule has 0 amide bonds. The van der Waals surface area contributed by atoms with E-state index in [1.54, 1.807) is 18.2 Å². The Balaban J connectivity index is 1.70. The third-order valence-electron chi connectivity index (χ3n) is 3.78. The molecule has 3 nitrogen and oxygen atoms in total. The molecule has 0 atom stereocenters. The Hall–Kier alpha value is -1.49. The maximum Gasteiger partial charge on any atom is 0.286 e. The predicted octanol–water partition coefficient (Wildman–Crippen LogP) is 6.63. The van der Waals surface area contributed by atoms with Crippen LogP contribution in [0.5, 0.6) is 0 Å². The van der Waals surface area contributed by atoms with Crippen molar-refractivity contribution in [3.05, 3.63) is 63.6 Å². The number of benzene rings is 2. The minimum Gasteiger partial charge on any atom is -0.327 e. The SMILES string of the molecule is CC(C)(C)c1ccc(CSc2nc(-c3c(Cl)cccc3Cl)no2)cc1. The lowest BCUT2D eigenvalue weighted by molar-refractivity contribution is 0.341. The summed E-state index contributed by atoms with van der Waals surface area (Å²) in [5, 5.41) is 5.49. The first-order chi connectivity index (χ1) is 11.8. The fraction of sp³-hybridized carbons (Fsp3) is 0.263. The van der Waals surface area contributed by atoms with Gasteiger partial charge in [0.1, 0.15) is 0 Å². The van der Waals surface area contributed by atoms with Gasteiger partial charge in [-0.2, -0.15) is 4.98 Å². The van der Waals surface area contributed by atoms with Gasteiger partial charge >= 0.3 is 0 Å².